The summed E-state index contributed by atoms with van der Waals surface area (Å²) in [6.07, 6.45) is -1.74. The monoisotopic (exact) mass is 513 g/mol. The molecule has 1 aliphatic heterocycles. The summed E-state index contributed by atoms with van der Waals surface area (Å²) < 4.78 is 11.5. The maximum Gasteiger partial charge on any atom is 0.356 e. The number of rotatable bonds is 9. The van der Waals surface area contributed by atoms with Gasteiger partial charge in [-0.15, -0.1) is 11.8 Å². The highest BCUT2D eigenvalue weighted by Gasteiger charge is 2.61. The molecule has 0 aromatic rings. The minimum Gasteiger partial charge on any atom is -0.457 e. The van der Waals surface area contributed by atoms with E-state index in [0.29, 0.717) is 14.0 Å². The third kappa shape index (κ3) is 6.70. The molecular weight excluding hydrogens is 482 g/mol. The average molecular weight is 514 g/mol. The molecule has 1 aliphatic rings. The zero-order valence-electron chi connectivity index (χ0n) is 18.6. The number of aliphatic hydroxyl groups is 1. The molecule has 172 valence electrons. The summed E-state index contributed by atoms with van der Waals surface area (Å²) in [7, 11) is 0.519. The largest absolute Gasteiger partial charge is 0.457 e. The maximum absolute atomic E-state index is 13.3. The van der Waals surface area contributed by atoms with Crippen LogP contribution in [0.3, 0.4) is 0 Å². The Morgan fingerprint density at radius 3 is 2.40 bits per heavy atom. The number of likely N-dealkylation sites (tertiary alicyclic amines) is 1. The first-order valence-electron chi connectivity index (χ1n) is 9.57. The minimum atomic E-state index is -1.74. The molecule has 0 aromatic heterocycles. The number of amides is 1. The van der Waals surface area contributed by atoms with E-state index in [-0.39, 0.29) is 28.9 Å². The average Bonchev–Trinajstić information content (AvgIpc) is 2.62. The second-order valence-corrected chi connectivity index (χ2v) is 13.1. The highest BCUT2D eigenvalue weighted by atomic mass is 35.5. The smallest absolute Gasteiger partial charge is 0.356 e. The maximum atomic E-state index is 13.3. The highest BCUT2D eigenvalue weighted by Crippen LogP contribution is 2.52. The fourth-order valence-corrected chi connectivity index (χ4v) is 7.00. The number of esters is 1. The molecule has 2 unspecified atom stereocenters. The van der Waals surface area contributed by atoms with Crippen molar-refractivity contribution in [2.45, 2.75) is 58.7 Å². The standard InChI is InChI=1S/C19H32ClNO5S3Si/c1-8-28-17(27)29-15-11(12(18(3,4)5)19(6,7)26-30)13(22)21(15)14(23)16(24)25-9-10(2)20/h11-12,14-15,23H,2,8-9H2,1,3-7,30H3/t11-,12?,14?,15+/m0/s1. The fraction of sp³-hybridized carbons (Fsp3) is 0.737. The van der Waals surface area contributed by atoms with Crippen LogP contribution in [0.15, 0.2) is 11.6 Å². The number of hydrogen-bond acceptors (Lipinski definition) is 8. The highest BCUT2D eigenvalue weighted by molar-refractivity contribution is 8.47. The Labute approximate surface area is 201 Å². The summed E-state index contributed by atoms with van der Waals surface area (Å²) in [5.41, 5.74) is -0.822. The van der Waals surface area contributed by atoms with E-state index in [1.165, 1.54) is 23.5 Å². The number of β-lactam (4-membered cyclic amide) rings is 1. The van der Waals surface area contributed by atoms with E-state index in [1.54, 1.807) is 0 Å². The number of hydrogen-bond donors (Lipinski definition) is 1. The van der Waals surface area contributed by atoms with Crippen molar-refractivity contribution >= 4 is 73.2 Å². The molecule has 1 saturated heterocycles. The first-order valence-corrected chi connectivity index (χ1v) is 13.0. The normalized spacial score (nSPS) is 21.7. The quantitative estimate of drug-likeness (QED) is 0.218. The third-order valence-corrected chi connectivity index (χ3v) is 8.94. The van der Waals surface area contributed by atoms with Gasteiger partial charge in [-0.1, -0.05) is 69.9 Å². The van der Waals surface area contributed by atoms with Gasteiger partial charge >= 0.3 is 5.97 Å². The molecule has 1 rings (SSSR count). The van der Waals surface area contributed by atoms with E-state index in [0.717, 1.165) is 10.7 Å². The van der Waals surface area contributed by atoms with E-state index in [2.05, 4.69) is 27.4 Å². The van der Waals surface area contributed by atoms with Gasteiger partial charge in [0.25, 0.3) is 0 Å². The van der Waals surface area contributed by atoms with Gasteiger partial charge in [0, 0.05) is 11.0 Å². The second-order valence-electron chi connectivity index (χ2n) is 8.61. The fourth-order valence-electron chi connectivity index (χ4n) is 3.94. The first kappa shape index (κ1) is 27.9. The predicted molar refractivity (Wildman–Crippen MR) is 132 cm³/mol. The molecule has 1 amide bonds. The molecule has 1 N–H and O–H groups in total. The topological polar surface area (TPSA) is 76.1 Å². The number of carbonyl (C=O) groups excluding carboxylic acids is 2. The minimum absolute atomic E-state index is 0.119. The summed E-state index contributed by atoms with van der Waals surface area (Å²) in [6.45, 7) is 15.3. The lowest BCUT2D eigenvalue weighted by Gasteiger charge is -2.56. The number of thiocarbonyl (C=S) groups is 1. The van der Waals surface area contributed by atoms with Crippen LogP contribution >= 0.6 is 47.3 Å². The van der Waals surface area contributed by atoms with Crippen molar-refractivity contribution in [2.24, 2.45) is 17.3 Å². The van der Waals surface area contributed by atoms with Crippen LogP contribution < -0.4 is 0 Å². The van der Waals surface area contributed by atoms with Crippen molar-refractivity contribution in [3.05, 3.63) is 11.6 Å². The molecule has 30 heavy (non-hydrogen) atoms. The van der Waals surface area contributed by atoms with Crippen molar-refractivity contribution < 1.29 is 23.9 Å². The molecule has 0 aromatic carbocycles. The molecule has 0 radical (unpaired) electrons. The summed E-state index contributed by atoms with van der Waals surface area (Å²) in [5, 5.41) is 10.2. The van der Waals surface area contributed by atoms with Gasteiger partial charge in [-0.05, 0) is 25.0 Å². The van der Waals surface area contributed by atoms with Crippen LogP contribution in [0.2, 0.25) is 0 Å². The van der Waals surface area contributed by atoms with Gasteiger partial charge in [0.05, 0.1) is 16.9 Å². The molecule has 6 nitrogen and oxygen atoms in total. The van der Waals surface area contributed by atoms with E-state index >= 15 is 0 Å². The van der Waals surface area contributed by atoms with Gasteiger partial charge in [-0.25, -0.2) is 4.79 Å². The van der Waals surface area contributed by atoms with Crippen LogP contribution in [0.1, 0.15) is 41.5 Å². The van der Waals surface area contributed by atoms with Crippen molar-refractivity contribution in [3.63, 3.8) is 0 Å². The van der Waals surface area contributed by atoms with Crippen molar-refractivity contribution in [1.29, 1.82) is 0 Å². The van der Waals surface area contributed by atoms with E-state index in [9.17, 15) is 14.7 Å². The van der Waals surface area contributed by atoms with Gasteiger partial charge in [0.2, 0.25) is 12.1 Å². The first-order chi connectivity index (χ1) is 13.7. The molecular formula is C19H32ClNO5S3Si. The van der Waals surface area contributed by atoms with E-state index < -0.39 is 29.1 Å². The van der Waals surface area contributed by atoms with Gasteiger partial charge in [-0.2, -0.15) is 0 Å². The molecule has 11 heteroatoms. The van der Waals surface area contributed by atoms with Crippen LogP contribution in [0.25, 0.3) is 0 Å². The Morgan fingerprint density at radius 2 is 1.97 bits per heavy atom. The zero-order chi connectivity index (χ0) is 23.4. The molecule has 1 heterocycles. The number of aliphatic hydroxyl groups excluding tert-OH is 1. The van der Waals surface area contributed by atoms with Crippen LogP contribution in [0.4, 0.5) is 0 Å². The second kappa shape index (κ2) is 11.2. The third-order valence-electron chi connectivity index (χ3n) is 5.01. The Hall–Kier alpha value is -0.103. The van der Waals surface area contributed by atoms with Crippen molar-refractivity contribution in [2.75, 3.05) is 12.4 Å². The number of ether oxygens (including phenoxy) is 1. The lowest BCUT2D eigenvalue weighted by atomic mass is 9.63. The van der Waals surface area contributed by atoms with Gasteiger partial charge < -0.3 is 14.3 Å². The molecule has 0 saturated carbocycles. The molecule has 0 bridgehead atoms. The van der Waals surface area contributed by atoms with Crippen LogP contribution in [0, 0.1) is 17.3 Å². The summed E-state index contributed by atoms with van der Waals surface area (Å²) in [4.78, 5) is 26.7. The summed E-state index contributed by atoms with van der Waals surface area (Å²) in [6, 6.07) is 0. The van der Waals surface area contributed by atoms with E-state index in [4.69, 9.17) is 33.0 Å². The Morgan fingerprint density at radius 1 is 1.40 bits per heavy atom. The van der Waals surface area contributed by atoms with Gasteiger partial charge in [-0.3, -0.25) is 9.69 Å². The Balaban J connectivity index is 3.26. The molecule has 0 aliphatic carbocycles. The van der Waals surface area contributed by atoms with Crippen LogP contribution in [-0.2, 0) is 18.8 Å². The number of nitrogens with zero attached hydrogens (tertiary/aromatic N) is 1. The number of carbonyl (C=O) groups is 2. The SMILES string of the molecule is C=C(Cl)COC(=O)C(O)N1C(=O)[C@H](C(C(C)(C)C)C(C)(C)O[SiH3])[C@H]1SC(=S)SCC. The zero-order valence-corrected chi connectivity index (χ0v) is 23.8. The van der Waals surface area contributed by atoms with Crippen molar-refractivity contribution in [3.8, 4) is 0 Å². The number of thioether (sulfide) groups is 2. The molecule has 4 atom stereocenters. The lowest BCUT2D eigenvalue weighted by Crippen LogP contribution is -2.70. The summed E-state index contributed by atoms with van der Waals surface area (Å²) in [5.74, 6) is -1.12. The van der Waals surface area contributed by atoms with Gasteiger partial charge in [0.15, 0.2) is 0 Å². The Kier molecular flexibility index (Phi) is 10.4. The Bertz CT molecular complexity index is 686. The van der Waals surface area contributed by atoms with E-state index in [1.807, 2.05) is 20.8 Å². The summed E-state index contributed by atoms with van der Waals surface area (Å²) >= 11 is 13.9. The molecule has 1 fully saturated rings. The van der Waals surface area contributed by atoms with Crippen LogP contribution in [0.5, 0.6) is 0 Å². The predicted octanol–water partition coefficient (Wildman–Crippen LogP) is 2.89. The lowest BCUT2D eigenvalue weighted by molar-refractivity contribution is -0.194. The number of halogens is 1. The van der Waals surface area contributed by atoms with Crippen molar-refractivity contribution in [1.82, 2.24) is 4.90 Å². The van der Waals surface area contributed by atoms with Gasteiger partial charge in [0.1, 0.15) is 20.6 Å². The molecule has 0 spiro atoms. The van der Waals surface area contributed by atoms with Crippen LogP contribution in [-0.4, -0.2) is 65.5 Å².